The second-order valence-corrected chi connectivity index (χ2v) is 6.80. The first-order valence-corrected chi connectivity index (χ1v) is 8.55. The Morgan fingerprint density at radius 3 is 2.23 bits per heavy atom. The summed E-state index contributed by atoms with van der Waals surface area (Å²) in [5.41, 5.74) is 1.30. The zero-order valence-corrected chi connectivity index (χ0v) is 15.0. The Balaban J connectivity index is 2.60. The molecule has 0 radical (unpaired) electrons. The molecule has 22 heavy (non-hydrogen) atoms. The molecule has 1 N–H and O–H groups in total. The van der Waals surface area contributed by atoms with Gasteiger partial charge in [0.1, 0.15) is 4.32 Å². The number of carbonyl (C=O) groups excluding carboxylic acids is 2. The lowest BCUT2D eigenvalue weighted by Crippen LogP contribution is -2.31. The van der Waals surface area contributed by atoms with Crippen LogP contribution in [0.2, 0.25) is 0 Å². The summed E-state index contributed by atoms with van der Waals surface area (Å²) in [6.07, 6.45) is 0. The molecule has 0 saturated carbocycles. The fourth-order valence-electron chi connectivity index (χ4n) is 1.79. The maximum Gasteiger partial charge on any atom is 0.237 e. The van der Waals surface area contributed by atoms with Gasteiger partial charge in [-0.05, 0) is 52.0 Å². The van der Waals surface area contributed by atoms with Gasteiger partial charge in [0.25, 0.3) is 0 Å². The number of ketones is 1. The fraction of sp³-hybridized carbons (Fsp3) is 0.438. The number of carbonyl (C=O) groups is 2. The number of thiocarbonyl (C=S) groups is 1. The molecule has 0 spiro atoms. The van der Waals surface area contributed by atoms with Gasteiger partial charge in [-0.15, -0.1) is 0 Å². The van der Waals surface area contributed by atoms with E-state index < -0.39 is 0 Å². The van der Waals surface area contributed by atoms with Crippen LogP contribution in [0.25, 0.3) is 0 Å². The Hall–Kier alpha value is -1.40. The molecule has 0 heterocycles. The summed E-state index contributed by atoms with van der Waals surface area (Å²) in [6, 6.07) is 6.87. The van der Waals surface area contributed by atoms with Gasteiger partial charge >= 0.3 is 0 Å². The van der Waals surface area contributed by atoms with Crippen molar-refractivity contribution in [1.29, 1.82) is 0 Å². The van der Waals surface area contributed by atoms with E-state index in [4.69, 9.17) is 12.2 Å². The quantitative estimate of drug-likeness (QED) is 0.635. The summed E-state index contributed by atoms with van der Waals surface area (Å²) in [5.74, 6) is -0.0959. The lowest BCUT2D eigenvalue weighted by Gasteiger charge is -2.22. The predicted octanol–water partition coefficient (Wildman–Crippen LogP) is 3.58. The number of amides is 1. The lowest BCUT2D eigenvalue weighted by atomic mass is 10.1. The van der Waals surface area contributed by atoms with Crippen molar-refractivity contribution < 1.29 is 9.59 Å². The van der Waals surface area contributed by atoms with Crippen molar-refractivity contribution in [2.45, 2.75) is 32.9 Å². The second kappa shape index (κ2) is 8.90. The van der Waals surface area contributed by atoms with Gasteiger partial charge in [-0.1, -0.05) is 24.0 Å². The topological polar surface area (TPSA) is 49.4 Å². The number of hydrogen-bond donors (Lipinski definition) is 1. The largest absolute Gasteiger partial charge is 0.358 e. The van der Waals surface area contributed by atoms with Crippen LogP contribution in [0.1, 0.15) is 38.1 Å². The molecule has 6 heteroatoms. The zero-order valence-electron chi connectivity index (χ0n) is 13.4. The molecule has 1 aromatic rings. The van der Waals surface area contributed by atoms with Crippen molar-refractivity contribution >= 4 is 45.7 Å². The minimum atomic E-state index is -0.277. The molecular formula is C16H22N2O2S2. The van der Waals surface area contributed by atoms with Crippen molar-refractivity contribution in [3.8, 4) is 0 Å². The summed E-state index contributed by atoms with van der Waals surface area (Å²) in [4.78, 5) is 25.5. The molecule has 0 aromatic heterocycles. The van der Waals surface area contributed by atoms with Gasteiger partial charge in [0, 0.05) is 24.3 Å². The highest BCUT2D eigenvalue weighted by Crippen LogP contribution is 2.18. The van der Waals surface area contributed by atoms with Crippen LogP contribution in [0.15, 0.2) is 24.3 Å². The normalized spacial score (nSPS) is 11.6. The highest BCUT2D eigenvalue weighted by Gasteiger charge is 2.18. The van der Waals surface area contributed by atoms with E-state index in [9.17, 15) is 9.59 Å². The Kier molecular flexibility index (Phi) is 7.55. The minimum absolute atomic E-state index is 0.00590. The smallest absolute Gasteiger partial charge is 0.237 e. The van der Waals surface area contributed by atoms with Crippen LogP contribution < -0.4 is 5.32 Å². The van der Waals surface area contributed by atoms with E-state index >= 15 is 0 Å². The zero-order chi connectivity index (χ0) is 16.7. The van der Waals surface area contributed by atoms with E-state index in [2.05, 4.69) is 5.32 Å². The molecule has 0 fully saturated rings. The summed E-state index contributed by atoms with van der Waals surface area (Å²) < 4.78 is 0.736. The van der Waals surface area contributed by atoms with Gasteiger partial charge in [0.15, 0.2) is 5.78 Å². The number of thioether (sulfide) groups is 1. The maximum atomic E-state index is 12.2. The van der Waals surface area contributed by atoms with Crippen LogP contribution in [-0.2, 0) is 4.79 Å². The third-order valence-electron chi connectivity index (χ3n) is 3.23. The first-order chi connectivity index (χ1) is 10.4. The Bertz CT molecular complexity index is 540. The van der Waals surface area contributed by atoms with Crippen LogP contribution in [0.5, 0.6) is 0 Å². The number of benzene rings is 1. The maximum absolute atomic E-state index is 12.2. The standard InChI is InChI=1S/C16H22N2O2S2/c1-5-18(6-2)16(21)22-12(4)15(20)17-14-9-7-13(8-10-14)11(3)19/h7-10,12H,5-6H2,1-4H3,(H,17,20)/t12-/m1/s1. The van der Waals surface area contributed by atoms with Crippen LogP contribution in [-0.4, -0.2) is 39.3 Å². The van der Waals surface area contributed by atoms with Crippen molar-refractivity contribution in [2.75, 3.05) is 18.4 Å². The van der Waals surface area contributed by atoms with Crippen molar-refractivity contribution in [3.05, 3.63) is 29.8 Å². The average molecular weight is 338 g/mol. The van der Waals surface area contributed by atoms with Gasteiger partial charge in [-0.2, -0.15) is 0 Å². The SMILES string of the molecule is CCN(CC)C(=S)S[C@H](C)C(=O)Nc1ccc(C(C)=O)cc1. The summed E-state index contributed by atoms with van der Waals surface area (Å²) in [7, 11) is 0. The van der Waals surface area contributed by atoms with Gasteiger partial charge in [0.05, 0.1) is 5.25 Å². The van der Waals surface area contributed by atoms with Crippen molar-refractivity contribution in [3.63, 3.8) is 0 Å². The van der Waals surface area contributed by atoms with E-state index in [1.807, 2.05) is 25.7 Å². The van der Waals surface area contributed by atoms with Crippen LogP contribution in [0.3, 0.4) is 0 Å². The van der Waals surface area contributed by atoms with E-state index in [0.29, 0.717) is 11.3 Å². The number of nitrogens with zero attached hydrogens (tertiary/aromatic N) is 1. The van der Waals surface area contributed by atoms with Gasteiger partial charge in [-0.3, -0.25) is 9.59 Å². The van der Waals surface area contributed by atoms with Gasteiger partial charge < -0.3 is 10.2 Å². The number of Topliss-reactive ketones (excluding diaryl/α,β-unsaturated/α-hetero) is 1. The Morgan fingerprint density at radius 1 is 1.23 bits per heavy atom. The predicted molar refractivity (Wildman–Crippen MR) is 97.6 cm³/mol. The molecule has 0 aliphatic rings. The molecule has 0 saturated heterocycles. The fourth-order valence-corrected chi connectivity index (χ4v) is 3.36. The van der Waals surface area contributed by atoms with E-state index in [1.54, 1.807) is 24.3 Å². The molecule has 1 atom stereocenters. The van der Waals surface area contributed by atoms with Gasteiger partial charge in [0.2, 0.25) is 5.91 Å². The van der Waals surface area contributed by atoms with Crippen molar-refractivity contribution in [2.24, 2.45) is 0 Å². The number of anilines is 1. The molecular weight excluding hydrogens is 316 g/mol. The molecule has 1 rings (SSSR count). The third kappa shape index (κ3) is 5.42. The van der Waals surface area contributed by atoms with E-state index in [0.717, 1.165) is 17.4 Å². The molecule has 0 aliphatic carbocycles. The molecule has 0 bridgehead atoms. The Labute approximate surface area is 141 Å². The van der Waals surface area contributed by atoms with Crippen molar-refractivity contribution in [1.82, 2.24) is 4.90 Å². The van der Waals surface area contributed by atoms with Gasteiger partial charge in [-0.25, -0.2) is 0 Å². The van der Waals surface area contributed by atoms with E-state index in [-0.39, 0.29) is 16.9 Å². The molecule has 1 aromatic carbocycles. The minimum Gasteiger partial charge on any atom is -0.358 e. The number of nitrogens with one attached hydrogen (secondary N) is 1. The monoisotopic (exact) mass is 338 g/mol. The van der Waals surface area contributed by atoms with E-state index in [1.165, 1.54) is 18.7 Å². The summed E-state index contributed by atoms with van der Waals surface area (Å²) in [5, 5.41) is 2.56. The van der Waals surface area contributed by atoms with Crippen LogP contribution >= 0.6 is 24.0 Å². The number of hydrogen-bond acceptors (Lipinski definition) is 4. The molecule has 4 nitrogen and oxygen atoms in total. The highest BCUT2D eigenvalue weighted by atomic mass is 32.2. The Morgan fingerprint density at radius 2 is 1.77 bits per heavy atom. The molecule has 1 amide bonds. The lowest BCUT2D eigenvalue weighted by molar-refractivity contribution is -0.115. The summed E-state index contributed by atoms with van der Waals surface area (Å²) in [6.45, 7) is 9.10. The second-order valence-electron chi connectivity index (χ2n) is 4.82. The first-order valence-electron chi connectivity index (χ1n) is 7.26. The van der Waals surface area contributed by atoms with Crippen LogP contribution in [0.4, 0.5) is 5.69 Å². The third-order valence-corrected chi connectivity index (χ3v) is 4.80. The van der Waals surface area contributed by atoms with Crippen LogP contribution in [0, 0.1) is 0 Å². The molecule has 0 unspecified atom stereocenters. The molecule has 0 aliphatic heterocycles. The number of rotatable bonds is 6. The highest BCUT2D eigenvalue weighted by molar-refractivity contribution is 8.23. The summed E-state index contributed by atoms with van der Waals surface area (Å²) >= 11 is 6.73. The first kappa shape index (κ1) is 18.6. The molecule has 120 valence electrons. The average Bonchev–Trinajstić information content (AvgIpc) is 2.48.